The largest absolute Gasteiger partial charge is 0.356 e. The van der Waals surface area contributed by atoms with Crippen LogP contribution in [0.3, 0.4) is 0 Å². The van der Waals surface area contributed by atoms with E-state index in [1.165, 1.54) is 84.2 Å². The fraction of sp³-hybridized carbons (Fsp3) is 0.947. The van der Waals surface area contributed by atoms with Crippen molar-refractivity contribution >= 4 is 5.96 Å². The Kier molecular flexibility index (Phi) is 9.51. The van der Waals surface area contributed by atoms with Gasteiger partial charge in [0.25, 0.3) is 0 Å². The quantitative estimate of drug-likeness (QED) is 0.384. The molecule has 5 heteroatoms. The summed E-state index contributed by atoms with van der Waals surface area (Å²) >= 11 is 0. The minimum atomic E-state index is 0.924. The molecule has 2 aliphatic rings. The van der Waals surface area contributed by atoms with Crippen molar-refractivity contribution < 1.29 is 0 Å². The molecular formula is C19H39N5. The van der Waals surface area contributed by atoms with Crippen LogP contribution >= 0.6 is 0 Å². The fourth-order valence-corrected chi connectivity index (χ4v) is 3.69. The van der Waals surface area contributed by atoms with E-state index in [9.17, 15) is 0 Å². The van der Waals surface area contributed by atoms with E-state index < -0.39 is 0 Å². The molecule has 0 aliphatic carbocycles. The molecule has 2 heterocycles. The molecule has 24 heavy (non-hydrogen) atoms. The maximum atomic E-state index is 4.33. The third-order valence-corrected chi connectivity index (χ3v) is 5.44. The summed E-state index contributed by atoms with van der Waals surface area (Å²) in [6.07, 6.45) is 9.24. The molecule has 0 aromatic rings. The Hall–Kier alpha value is -0.810. The zero-order chi connectivity index (χ0) is 17.0. The van der Waals surface area contributed by atoms with E-state index in [4.69, 9.17) is 0 Å². The second-order valence-electron chi connectivity index (χ2n) is 7.56. The topological polar surface area (TPSA) is 42.9 Å². The molecule has 0 saturated carbocycles. The van der Waals surface area contributed by atoms with Crippen molar-refractivity contribution in [1.82, 2.24) is 20.4 Å². The van der Waals surface area contributed by atoms with Gasteiger partial charge in [-0.3, -0.25) is 4.99 Å². The van der Waals surface area contributed by atoms with Crippen molar-refractivity contribution in [2.75, 3.05) is 59.4 Å². The van der Waals surface area contributed by atoms with E-state index in [2.05, 4.69) is 32.3 Å². The van der Waals surface area contributed by atoms with Gasteiger partial charge in [0, 0.05) is 20.1 Å². The summed E-state index contributed by atoms with van der Waals surface area (Å²) in [5.74, 6) is 1.89. The standard InChI is InChI=1S/C19H39N5/c1-18-8-16-24(17-9-18)15-7-11-22-19(20-2)21-10-3-4-12-23-13-5-6-14-23/h18H,3-17H2,1-2H3,(H2,20,21,22). The average molecular weight is 338 g/mol. The molecule has 0 amide bonds. The summed E-state index contributed by atoms with van der Waals surface area (Å²) in [6, 6.07) is 0. The fourth-order valence-electron chi connectivity index (χ4n) is 3.69. The number of piperidine rings is 1. The van der Waals surface area contributed by atoms with Crippen molar-refractivity contribution in [3.63, 3.8) is 0 Å². The van der Waals surface area contributed by atoms with Crippen molar-refractivity contribution in [3.8, 4) is 0 Å². The van der Waals surface area contributed by atoms with Crippen LogP contribution in [0.1, 0.15) is 51.9 Å². The first kappa shape index (κ1) is 19.5. The van der Waals surface area contributed by atoms with Crippen LogP contribution in [0.2, 0.25) is 0 Å². The van der Waals surface area contributed by atoms with E-state index >= 15 is 0 Å². The van der Waals surface area contributed by atoms with Gasteiger partial charge in [0.15, 0.2) is 5.96 Å². The first-order valence-corrected chi connectivity index (χ1v) is 10.2. The van der Waals surface area contributed by atoms with Gasteiger partial charge in [-0.25, -0.2) is 0 Å². The summed E-state index contributed by atoms with van der Waals surface area (Å²) in [6.45, 7) is 12.1. The van der Waals surface area contributed by atoms with Crippen molar-refractivity contribution in [2.45, 2.75) is 51.9 Å². The highest BCUT2D eigenvalue weighted by atomic mass is 15.2. The number of likely N-dealkylation sites (tertiary alicyclic amines) is 2. The number of aliphatic imine (C=N–C) groups is 1. The Labute approximate surface area is 149 Å². The van der Waals surface area contributed by atoms with E-state index in [0.717, 1.165) is 25.0 Å². The van der Waals surface area contributed by atoms with Gasteiger partial charge in [-0.1, -0.05) is 6.92 Å². The molecule has 0 atom stereocenters. The Balaban J connectivity index is 1.43. The van der Waals surface area contributed by atoms with Gasteiger partial charge < -0.3 is 20.4 Å². The molecule has 0 radical (unpaired) electrons. The van der Waals surface area contributed by atoms with Crippen molar-refractivity contribution in [3.05, 3.63) is 0 Å². The highest BCUT2D eigenvalue weighted by molar-refractivity contribution is 5.79. The number of unbranched alkanes of at least 4 members (excludes halogenated alkanes) is 1. The smallest absolute Gasteiger partial charge is 0.190 e. The summed E-state index contributed by atoms with van der Waals surface area (Å²) in [5, 5.41) is 6.90. The Bertz CT molecular complexity index is 344. The first-order valence-electron chi connectivity index (χ1n) is 10.2. The van der Waals surface area contributed by atoms with Gasteiger partial charge >= 0.3 is 0 Å². The lowest BCUT2D eigenvalue weighted by molar-refractivity contribution is 0.191. The Morgan fingerprint density at radius 3 is 2.12 bits per heavy atom. The lowest BCUT2D eigenvalue weighted by Crippen LogP contribution is -2.40. The number of rotatable bonds is 9. The normalized spacial score (nSPS) is 21.3. The number of guanidine groups is 1. The van der Waals surface area contributed by atoms with Gasteiger partial charge in [-0.2, -0.15) is 0 Å². The number of hydrogen-bond donors (Lipinski definition) is 2. The molecule has 0 aromatic carbocycles. The average Bonchev–Trinajstić information content (AvgIpc) is 3.11. The minimum absolute atomic E-state index is 0.924. The minimum Gasteiger partial charge on any atom is -0.356 e. The summed E-state index contributed by atoms with van der Waals surface area (Å²) in [5.41, 5.74) is 0. The van der Waals surface area contributed by atoms with Crippen LogP contribution in [-0.4, -0.2) is 75.2 Å². The van der Waals surface area contributed by atoms with Crippen LogP contribution in [0.5, 0.6) is 0 Å². The number of nitrogens with zero attached hydrogens (tertiary/aromatic N) is 3. The lowest BCUT2D eigenvalue weighted by atomic mass is 9.99. The predicted octanol–water partition coefficient (Wildman–Crippen LogP) is 2.15. The van der Waals surface area contributed by atoms with Crippen molar-refractivity contribution in [2.24, 2.45) is 10.9 Å². The molecule has 5 nitrogen and oxygen atoms in total. The maximum absolute atomic E-state index is 4.33. The molecule has 2 aliphatic heterocycles. The van der Waals surface area contributed by atoms with Crippen LogP contribution in [0.15, 0.2) is 4.99 Å². The molecule has 2 rings (SSSR count). The zero-order valence-corrected chi connectivity index (χ0v) is 16.0. The molecule has 2 fully saturated rings. The zero-order valence-electron chi connectivity index (χ0n) is 16.0. The third kappa shape index (κ3) is 7.84. The summed E-state index contributed by atoms with van der Waals surface area (Å²) < 4.78 is 0. The second kappa shape index (κ2) is 11.7. The van der Waals surface area contributed by atoms with Gasteiger partial charge in [0.1, 0.15) is 0 Å². The third-order valence-electron chi connectivity index (χ3n) is 5.44. The highest BCUT2D eigenvalue weighted by Gasteiger charge is 2.14. The second-order valence-corrected chi connectivity index (χ2v) is 7.56. The molecule has 2 N–H and O–H groups in total. The predicted molar refractivity (Wildman–Crippen MR) is 104 cm³/mol. The van der Waals surface area contributed by atoms with Gasteiger partial charge in [-0.05, 0) is 90.1 Å². The monoisotopic (exact) mass is 337 g/mol. The molecular weight excluding hydrogens is 298 g/mol. The van der Waals surface area contributed by atoms with Gasteiger partial charge in [-0.15, -0.1) is 0 Å². The summed E-state index contributed by atoms with van der Waals surface area (Å²) in [4.78, 5) is 9.53. The number of nitrogens with one attached hydrogen (secondary N) is 2. The van der Waals surface area contributed by atoms with Gasteiger partial charge in [0.2, 0.25) is 0 Å². The van der Waals surface area contributed by atoms with Crippen LogP contribution in [0.4, 0.5) is 0 Å². The number of hydrogen-bond acceptors (Lipinski definition) is 3. The molecule has 140 valence electrons. The lowest BCUT2D eigenvalue weighted by Gasteiger charge is -2.30. The highest BCUT2D eigenvalue weighted by Crippen LogP contribution is 2.15. The van der Waals surface area contributed by atoms with Crippen LogP contribution < -0.4 is 10.6 Å². The van der Waals surface area contributed by atoms with Crippen LogP contribution in [0.25, 0.3) is 0 Å². The van der Waals surface area contributed by atoms with Crippen LogP contribution in [-0.2, 0) is 0 Å². The molecule has 0 unspecified atom stereocenters. The van der Waals surface area contributed by atoms with E-state index in [-0.39, 0.29) is 0 Å². The Morgan fingerprint density at radius 2 is 1.46 bits per heavy atom. The summed E-state index contributed by atoms with van der Waals surface area (Å²) in [7, 11) is 1.87. The van der Waals surface area contributed by atoms with Crippen LogP contribution in [0, 0.1) is 5.92 Å². The molecule has 2 saturated heterocycles. The van der Waals surface area contributed by atoms with E-state index in [1.54, 1.807) is 0 Å². The molecule has 0 bridgehead atoms. The SMILES string of the molecule is CN=C(NCCCCN1CCCC1)NCCCN1CCC(C)CC1. The van der Waals surface area contributed by atoms with E-state index in [1.807, 2.05) is 7.05 Å². The Morgan fingerprint density at radius 1 is 0.875 bits per heavy atom. The maximum Gasteiger partial charge on any atom is 0.190 e. The molecule has 0 aromatic heterocycles. The molecule has 0 spiro atoms. The van der Waals surface area contributed by atoms with Crippen molar-refractivity contribution in [1.29, 1.82) is 0 Å². The van der Waals surface area contributed by atoms with Gasteiger partial charge in [0.05, 0.1) is 0 Å². The van der Waals surface area contributed by atoms with E-state index in [0.29, 0.717) is 0 Å². The first-order chi connectivity index (χ1) is 11.8.